The molecular weight excluding hydrogens is 418 g/mol. The van der Waals surface area contributed by atoms with Gasteiger partial charge in [-0.3, -0.25) is 0 Å². The molecule has 1 unspecified atom stereocenters. The van der Waals surface area contributed by atoms with Crippen LogP contribution in [0.25, 0.3) is 5.57 Å². The maximum atomic E-state index is 5.84. The topological polar surface area (TPSA) is 30.5 Å². The van der Waals surface area contributed by atoms with Crippen molar-refractivity contribution >= 4 is 11.3 Å². The third-order valence-electron chi connectivity index (χ3n) is 6.37. The summed E-state index contributed by atoms with van der Waals surface area (Å²) in [6.45, 7) is 4.72. The Kier molecular flexibility index (Phi) is 9.36. The van der Waals surface area contributed by atoms with Gasteiger partial charge < -0.3 is 14.8 Å². The van der Waals surface area contributed by atoms with E-state index in [4.69, 9.17) is 9.47 Å². The summed E-state index contributed by atoms with van der Waals surface area (Å²) in [5.41, 5.74) is 7.85. The molecular formula is C31H37NO2. The van der Waals surface area contributed by atoms with Crippen LogP contribution in [-0.4, -0.2) is 26.0 Å². The maximum absolute atomic E-state index is 5.84. The molecule has 0 aliphatic carbocycles. The fraction of sp³-hybridized carbons (Fsp3) is 0.355. The molecule has 3 nitrogen and oxygen atoms in total. The third-order valence-corrected chi connectivity index (χ3v) is 6.37. The lowest BCUT2D eigenvalue weighted by atomic mass is 9.88. The molecule has 1 fully saturated rings. The van der Waals surface area contributed by atoms with Crippen LogP contribution in [0, 0.1) is 0 Å². The highest BCUT2D eigenvalue weighted by atomic mass is 16.7. The molecule has 3 aromatic carbocycles. The number of rotatable bonds is 11. The monoisotopic (exact) mass is 455 g/mol. The number of hydrogen-bond acceptors (Lipinski definition) is 3. The molecule has 0 spiro atoms. The van der Waals surface area contributed by atoms with Crippen LogP contribution in [0.5, 0.6) is 0 Å². The van der Waals surface area contributed by atoms with Gasteiger partial charge in [-0.1, -0.05) is 85.3 Å². The van der Waals surface area contributed by atoms with Crippen LogP contribution in [0.15, 0.2) is 90.5 Å². The van der Waals surface area contributed by atoms with Gasteiger partial charge in [-0.05, 0) is 72.9 Å². The Balaban J connectivity index is 1.42. The second-order valence-corrected chi connectivity index (χ2v) is 8.89. The van der Waals surface area contributed by atoms with Crippen LogP contribution in [0.3, 0.4) is 0 Å². The molecule has 1 saturated heterocycles. The molecule has 0 saturated carbocycles. The van der Waals surface area contributed by atoms with E-state index >= 15 is 0 Å². The van der Waals surface area contributed by atoms with Crippen molar-refractivity contribution in [1.29, 1.82) is 0 Å². The molecule has 1 N–H and O–H groups in total. The van der Waals surface area contributed by atoms with Crippen LogP contribution in [0.2, 0.25) is 0 Å². The molecule has 3 aromatic rings. The summed E-state index contributed by atoms with van der Waals surface area (Å²) in [6.07, 6.45) is 6.34. The summed E-state index contributed by atoms with van der Waals surface area (Å²) in [6, 6.07) is 30.4. The molecule has 1 atom stereocenters. The van der Waals surface area contributed by atoms with Gasteiger partial charge in [-0.15, -0.1) is 0 Å². The second-order valence-electron chi connectivity index (χ2n) is 8.89. The molecule has 178 valence electrons. The zero-order valence-corrected chi connectivity index (χ0v) is 20.3. The highest BCUT2D eigenvalue weighted by Crippen LogP contribution is 2.31. The standard InChI is InChI=1S/C31H37NO2/c1-2-26(24-25-12-5-3-6-13-25)31(27-14-7-4-8-15-27)28-17-19-29(20-18-28)32-21-11-23-34-30-16-9-10-22-33-30/h3-8,12-15,17-20,30,32H,2,9-11,16,21-24H2,1H3. The van der Waals surface area contributed by atoms with Gasteiger partial charge in [0.25, 0.3) is 0 Å². The van der Waals surface area contributed by atoms with Crippen molar-refractivity contribution in [3.63, 3.8) is 0 Å². The van der Waals surface area contributed by atoms with Crippen LogP contribution in [0.1, 0.15) is 55.7 Å². The molecule has 0 aromatic heterocycles. The van der Waals surface area contributed by atoms with E-state index in [-0.39, 0.29) is 6.29 Å². The number of allylic oxidation sites excluding steroid dienone is 1. The predicted molar refractivity (Wildman–Crippen MR) is 142 cm³/mol. The summed E-state index contributed by atoms with van der Waals surface area (Å²) in [5, 5.41) is 3.53. The highest BCUT2D eigenvalue weighted by molar-refractivity contribution is 5.83. The lowest BCUT2D eigenvalue weighted by molar-refractivity contribution is -0.162. The summed E-state index contributed by atoms with van der Waals surface area (Å²) in [4.78, 5) is 0. The van der Waals surface area contributed by atoms with Gasteiger partial charge in [0.2, 0.25) is 0 Å². The third kappa shape index (κ3) is 7.06. The fourth-order valence-electron chi connectivity index (χ4n) is 4.53. The van der Waals surface area contributed by atoms with E-state index in [1.54, 1.807) is 0 Å². The molecule has 1 aliphatic rings. The van der Waals surface area contributed by atoms with Gasteiger partial charge in [-0.2, -0.15) is 0 Å². The first-order chi connectivity index (χ1) is 16.8. The zero-order valence-electron chi connectivity index (χ0n) is 20.3. The number of nitrogens with one attached hydrogen (secondary N) is 1. The SMILES string of the molecule is CCC(Cc1ccccc1)=C(c1ccccc1)c1ccc(NCCCOC2CCCCO2)cc1. The van der Waals surface area contributed by atoms with E-state index in [1.165, 1.54) is 34.3 Å². The van der Waals surface area contributed by atoms with E-state index in [2.05, 4.69) is 97.2 Å². The van der Waals surface area contributed by atoms with Crippen molar-refractivity contribution < 1.29 is 9.47 Å². The summed E-state index contributed by atoms with van der Waals surface area (Å²) >= 11 is 0. The van der Waals surface area contributed by atoms with Gasteiger partial charge >= 0.3 is 0 Å². The predicted octanol–water partition coefficient (Wildman–Crippen LogP) is 7.49. The minimum absolute atomic E-state index is 0.000115. The average molecular weight is 456 g/mol. The van der Waals surface area contributed by atoms with Crippen molar-refractivity contribution in [2.24, 2.45) is 0 Å². The Morgan fingerprint density at radius 1 is 0.882 bits per heavy atom. The fourth-order valence-corrected chi connectivity index (χ4v) is 4.53. The van der Waals surface area contributed by atoms with E-state index < -0.39 is 0 Å². The van der Waals surface area contributed by atoms with E-state index in [0.29, 0.717) is 0 Å². The normalized spacial score (nSPS) is 16.7. The first-order valence-corrected chi connectivity index (χ1v) is 12.7. The Morgan fingerprint density at radius 3 is 2.26 bits per heavy atom. The van der Waals surface area contributed by atoms with Gasteiger partial charge in [0.15, 0.2) is 6.29 Å². The van der Waals surface area contributed by atoms with Crippen LogP contribution < -0.4 is 5.32 Å². The van der Waals surface area contributed by atoms with Gasteiger partial charge in [-0.25, -0.2) is 0 Å². The van der Waals surface area contributed by atoms with Crippen LogP contribution in [0.4, 0.5) is 5.69 Å². The van der Waals surface area contributed by atoms with Crippen molar-refractivity contribution in [3.05, 3.63) is 107 Å². The largest absolute Gasteiger partial charge is 0.385 e. The van der Waals surface area contributed by atoms with Gasteiger partial charge in [0.05, 0.1) is 6.61 Å². The van der Waals surface area contributed by atoms with E-state index in [1.807, 2.05) is 0 Å². The first kappa shape index (κ1) is 24.3. The molecule has 3 heteroatoms. The molecule has 1 aliphatic heterocycles. The lowest BCUT2D eigenvalue weighted by Crippen LogP contribution is -2.23. The Morgan fingerprint density at radius 2 is 1.59 bits per heavy atom. The number of ether oxygens (including phenoxy) is 2. The number of hydrogen-bond donors (Lipinski definition) is 1. The molecule has 0 radical (unpaired) electrons. The Bertz CT molecular complexity index is 1010. The Hall–Kier alpha value is -2.88. The molecule has 0 amide bonds. The molecule has 34 heavy (non-hydrogen) atoms. The smallest absolute Gasteiger partial charge is 0.157 e. The summed E-state index contributed by atoms with van der Waals surface area (Å²) < 4.78 is 11.5. The summed E-state index contributed by atoms with van der Waals surface area (Å²) in [7, 11) is 0. The number of anilines is 1. The Labute approximate surface area is 204 Å². The van der Waals surface area contributed by atoms with Crippen LogP contribution in [-0.2, 0) is 15.9 Å². The zero-order chi connectivity index (χ0) is 23.4. The minimum atomic E-state index is -0.000115. The van der Waals surface area contributed by atoms with Crippen molar-refractivity contribution in [3.8, 4) is 0 Å². The van der Waals surface area contributed by atoms with E-state index in [0.717, 1.165) is 57.6 Å². The van der Waals surface area contributed by atoms with Crippen molar-refractivity contribution in [2.45, 2.75) is 51.7 Å². The van der Waals surface area contributed by atoms with Gasteiger partial charge in [0, 0.05) is 18.8 Å². The molecule has 1 heterocycles. The number of benzene rings is 3. The van der Waals surface area contributed by atoms with Crippen LogP contribution >= 0.6 is 0 Å². The quantitative estimate of drug-likeness (QED) is 0.304. The lowest BCUT2D eigenvalue weighted by Gasteiger charge is -2.22. The first-order valence-electron chi connectivity index (χ1n) is 12.7. The maximum Gasteiger partial charge on any atom is 0.157 e. The van der Waals surface area contributed by atoms with Crippen molar-refractivity contribution in [2.75, 3.05) is 25.1 Å². The van der Waals surface area contributed by atoms with E-state index in [9.17, 15) is 0 Å². The van der Waals surface area contributed by atoms with Gasteiger partial charge in [0.1, 0.15) is 0 Å². The molecule has 0 bridgehead atoms. The van der Waals surface area contributed by atoms with Crippen molar-refractivity contribution in [1.82, 2.24) is 0 Å². The highest BCUT2D eigenvalue weighted by Gasteiger charge is 2.14. The minimum Gasteiger partial charge on any atom is -0.385 e. The second kappa shape index (κ2) is 13.1. The molecule has 4 rings (SSSR count). The average Bonchev–Trinajstić information content (AvgIpc) is 2.91. The summed E-state index contributed by atoms with van der Waals surface area (Å²) in [5.74, 6) is 0.